The van der Waals surface area contributed by atoms with Crippen molar-refractivity contribution in [2.75, 3.05) is 43.9 Å². The molecule has 0 radical (unpaired) electrons. The summed E-state index contributed by atoms with van der Waals surface area (Å²) in [6.07, 6.45) is 0.815. The number of carbonyl (C=O) groups is 2. The standard InChI is InChI=1S/C25H29FN6O2/c1-17-15-23(19-7-3-5-9-21(19)28-17)29-24(33)27-12-14-32-13-11-18(16-32)31(2)25(34)30-22-10-6-4-8-20(22)26/h3-10,15,18H,11-14,16H2,1-2H3,(H,30,34)(H2,27,28,29,33). The molecular weight excluding hydrogens is 435 g/mol. The quantitative estimate of drug-likeness (QED) is 0.514. The van der Waals surface area contributed by atoms with Crippen LogP contribution in [0.5, 0.6) is 0 Å². The van der Waals surface area contributed by atoms with Crippen LogP contribution in [0.3, 0.4) is 0 Å². The van der Waals surface area contributed by atoms with Crippen LogP contribution in [-0.2, 0) is 0 Å². The molecule has 1 atom stereocenters. The third kappa shape index (κ3) is 5.60. The zero-order chi connectivity index (χ0) is 24.1. The number of halogens is 1. The van der Waals surface area contributed by atoms with Gasteiger partial charge in [0.15, 0.2) is 0 Å². The Hall–Kier alpha value is -3.72. The number of nitrogens with one attached hydrogen (secondary N) is 3. The van der Waals surface area contributed by atoms with E-state index in [9.17, 15) is 14.0 Å². The van der Waals surface area contributed by atoms with Gasteiger partial charge in [0.2, 0.25) is 0 Å². The highest BCUT2D eigenvalue weighted by molar-refractivity contribution is 6.00. The Labute approximate surface area is 198 Å². The maximum atomic E-state index is 13.8. The number of fused-ring (bicyclic) bond motifs is 1. The van der Waals surface area contributed by atoms with Gasteiger partial charge in [0.05, 0.1) is 16.9 Å². The summed E-state index contributed by atoms with van der Waals surface area (Å²) in [6.45, 7) is 4.56. The lowest BCUT2D eigenvalue weighted by Crippen LogP contribution is -2.42. The molecule has 3 aromatic rings. The van der Waals surface area contributed by atoms with Crippen LogP contribution < -0.4 is 16.0 Å². The maximum Gasteiger partial charge on any atom is 0.321 e. The first-order chi connectivity index (χ1) is 16.4. The van der Waals surface area contributed by atoms with Crippen molar-refractivity contribution in [3.63, 3.8) is 0 Å². The fraction of sp³-hybridized carbons (Fsp3) is 0.320. The smallest absolute Gasteiger partial charge is 0.321 e. The molecule has 1 fully saturated rings. The number of anilines is 2. The van der Waals surface area contributed by atoms with Gasteiger partial charge >= 0.3 is 12.1 Å². The zero-order valence-electron chi connectivity index (χ0n) is 19.3. The van der Waals surface area contributed by atoms with Crippen molar-refractivity contribution in [1.82, 2.24) is 20.1 Å². The first-order valence-corrected chi connectivity index (χ1v) is 11.3. The van der Waals surface area contributed by atoms with E-state index in [4.69, 9.17) is 0 Å². The molecule has 1 unspecified atom stereocenters. The van der Waals surface area contributed by atoms with Crippen LogP contribution in [0.15, 0.2) is 54.6 Å². The minimum absolute atomic E-state index is 0.0201. The number of likely N-dealkylation sites (tertiary alicyclic amines) is 1. The topological polar surface area (TPSA) is 89.6 Å². The summed E-state index contributed by atoms with van der Waals surface area (Å²) in [5.74, 6) is -0.462. The molecule has 0 spiro atoms. The number of aromatic nitrogens is 1. The van der Waals surface area contributed by atoms with Crippen LogP contribution in [-0.4, -0.2) is 66.1 Å². The summed E-state index contributed by atoms with van der Waals surface area (Å²) in [6, 6.07) is 15.1. The molecule has 9 heteroatoms. The van der Waals surface area contributed by atoms with E-state index in [1.807, 2.05) is 37.3 Å². The second kappa shape index (κ2) is 10.5. The minimum Gasteiger partial charge on any atom is -0.337 e. The lowest BCUT2D eigenvalue weighted by atomic mass is 10.1. The van der Waals surface area contributed by atoms with E-state index in [2.05, 4.69) is 25.8 Å². The molecule has 0 saturated carbocycles. The number of carbonyl (C=O) groups excluding carboxylic acids is 2. The summed E-state index contributed by atoms with van der Waals surface area (Å²) in [4.78, 5) is 33.3. The number of pyridine rings is 1. The molecule has 1 aromatic heterocycles. The second-order valence-corrected chi connectivity index (χ2v) is 8.47. The van der Waals surface area contributed by atoms with E-state index in [0.29, 0.717) is 19.6 Å². The molecule has 0 bridgehead atoms. The molecule has 2 aromatic carbocycles. The highest BCUT2D eigenvalue weighted by Gasteiger charge is 2.28. The van der Waals surface area contributed by atoms with Crippen LogP contribution in [0.4, 0.5) is 25.4 Å². The Morgan fingerprint density at radius 2 is 1.88 bits per heavy atom. The molecule has 8 nitrogen and oxygen atoms in total. The molecule has 4 rings (SSSR count). The minimum atomic E-state index is -0.462. The number of urea groups is 2. The summed E-state index contributed by atoms with van der Waals surface area (Å²) in [5, 5.41) is 9.34. The predicted molar refractivity (Wildman–Crippen MR) is 132 cm³/mol. The molecule has 178 valence electrons. The summed E-state index contributed by atoms with van der Waals surface area (Å²) in [7, 11) is 1.72. The Bertz CT molecular complexity index is 1190. The average molecular weight is 465 g/mol. The summed E-state index contributed by atoms with van der Waals surface area (Å²) in [5.41, 5.74) is 2.57. The molecule has 2 heterocycles. The molecule has 1 aliphatic rings. The van der Waals surface area contributed by atoms with Gasteiger partial charge in [-0.1, -0.05) is 30.3 Å². The first-order valence-electron chi connectivity index (χ1n) is 11.3. The van der Waals surface area contributed by atoms with E-state index < -0.39 is 5.82 Å². The van der Waals surface area contributed by atoms with Crippen molar-refractivity contribution in [2.24, 2.45) is 0 Å². The Morgan fingerprint density at radius 3 is 2.71 bits per heavy atom. The molecule has 1 saturated heterocycles. The van der Waals surface area contributed by atoms with Crippen molar-refractivity contribution in [3.8, 4) is 0 Å². The highest BCUT2D eigenvalue weighted by Crippen LogP contribution is 2.23. The number of aryl methyl sites for hydroxylation is 1. The van der Waals surface area contributed by atoms with Gasteiger partial charge in [-0.3, -0.25) is 9.88 Å². The Balaban J connectivity index is 1.23. The molecule has 3 N–H and O–H groups in total. The van der Waals surface area contributed by atoms with Gasteiger partial charge < -0.3 is 20.9 Å². The van der Waals surface area contributed by atoms with E-state index in [-0.39, 0.29) is 23.8 Å². The summed E-state index contributed by atoms with van der Waals surface area (Å²) >= 11 is 0. The van der Waals surface area contributed by atoms with E-state index in [0.717, 1.165) is 35.2 Å². The molecule has 4 amide bonds. The number of amides is 4. The third-order valence-electron chi connectivity index (χ3n) is 6.04. The normalized spacial score (nSPS) is 15.8. The van der Waals surface area contributed by atoms with Gasteiger partial charge in [-0.15, -0.1) is 0 Å². The van der Waals surface area contributed by atoms with Gasteiger partial charge in [-0.05, 0) is 37.6 Å². The van der Waals surface area contributed by atoms with Gasteiger partial charge in [0.25, 0.3) is 0 Å². The average Bonchev–Trinajstić information content (AvgIpc) is 3.28. The van der Waals surface area contributed by atoms with Crippen LogP contribution in [0, 0.1) is 12.7 Å². The van der Waals surface area contributed by atoms with Crippen molar-refractivity contribution in [2.45, 2.75) is 19.4 Å². The molecule has 34 heavy (non-hydrogen) atoms. The number of para-hydroxylation sites is 2. The molecule has 0 aliphatic carbocycles. The van der Waals surface area contributed by atoms with Crippen molar-refractivity contribution in [3.05, 3.63) is 66.1 Å². The van der Waals surface area contributed by atoms with Crippen LogP contribution in [0.2, 0.25) is 0 Å². The fourth-order valence-electron chi connectivity index (χ4n) is 4.17. The van der Waals surface area contributed by atoms with Crippen LogP contribution in [0.1, 0.15) is 12.1 Å². The van der Waals surface area contributed by atoms with Crippen LogP contribution >= 0.6 is 0 Å². The first kappa shape index (κ1) is 23.4. The fourth-order valence-corrected chi connectivity index (χ4v) is 4.17. The van der Waals surface area contributed by atoms with Gasteiger partial charge in [0, 0.05) is 50.3 Å². The van der Waals surface area contributed by atoms with E-state index in [1.165, 1.54) is 12.1 Å². The van der Waals surface area contributed by atoms with Crippen molar-refractivity contribution in [1.29, 1.82) is 0 Å². The van der Waals surface area contributed by atoms with Gasteiger partial charge in [-0.25, -0.2) is 14.0 Å². The number of nitrogens with zero attached hydrogens (tertiary/aromatic N) is 3. The third-order valence-corrected chi connectivity index (χ3v) is 6.04. The van der Waals surface area contributed by atoms with E-state index in [1.54, 1.807) is 24.1 Å². The predicted octanol–water partition coefficient (Wildman–Crippen LogP) is 4.04. The molecule has 1 aliphatic heterocycles. The number of benzene rings is 2. The van der Waals surface area contributed by atoms with Crippen LogP contribution in [0.25, 0.3) is 10.9 Å². The molecular formula is C25H29FN6O2. The zero-order valence-corrected chi connectivity index (χ0v) is 19.3. The van der Waals surface area contributed by atoms with Crippen molar-refractivity contribution < 1.29 is 14.0 Å². The number of rotatable bonds is 6. The lowest BCUT2D eigenvalue weighted by molar-refractivity contribution is 0.202. The van der Waals surface area contributed by atoms with Gasteiger partial charge in [-0.2, -0.15) is 0 Å². The maximum absolute atomic E-state index is 13.8. The number of hydrogen-bond acceptors (Lipinski definition) is 4. The highest BCUT2D eigenvalue weighted by atomic mass is 19.1. The Morgan fingerprint density at radius 1 is 1.12 bits per heavy atom. The number of hydrogen-bond donors (Lipinski definition) is 3. The summed E-state index contributed by atoms with van der Waals surface area (Å²) < 4.78 is 13.8. The SMILES string of the molecule is Cc1cc(NC(=O)NCCN2CCC(N(C)C(=O)Nc3ccccc3F)C2)c2ccccc2n1. The second-order valence-electron chi connectivity index (χ2n) is 8.47. The lowest BCUT2D eigenvalue weighted by Gasteiger charge is -2.25. The van der Waals surface area contributed by atoms with Crippen molar-refractivity contribution >= 4 is 34.3 Å². The largest absolute Gasteiger partial charge is 0.337 e. The van der Waals surface area contributed by atoms with E-state index >= 15 is 0 Å². The number of likely N-dealkylation sites (N-methyl/N-ethyl adjacent to an activating group) is 1. The Kier molecular flexibility index (Phi) is 7.22. The monoisotopic (exact) mass is 464 g/mol. The van der Waals surface area contributed by atoms with Gasteiger partial charge in [0.1, 0.15) is 5.82 Å².